The molecule has 6 aromatic carbocycles. The fraction of sp³-hybridized carbons (Fsp3) is 0.163. The number of benzene rings is 6. The number of fused-ring (bicyclic) bond motifs is 3. The molecule has 1 aliphatic rings. The van der Waals surface area contributed by atoms with Crippen LogP contribution in [0.5, 0.6) is 11.5 Å². The highest BCUT2D eigenvalue weighted by atomic mass is 16.5. The zero-order valence-electron chi connectivity index (χ0n) is 26.3. The van der Waals surface area contributed by atoms with E-state index < -0.39 is 5.41 Å². The number of hydrogen-bond donors (Lipinski definition) is 2. The lowest BCUT2D eigenvalue weighted by molar-refractivity contribution is 0.233. The summed E-state index contributed by atoms with van der Waals surface area (Å²) in [6.07, 6.45) is 1.13. The normalized spacial score (nSPS) is 12.7. The fourth-order valence-corrected chi connectivity index (χ4v) is 6.98. The highest BCUT2D eigenvalue weighted by molar-refractivity contribution is 5.88. The van der Waals surface area contributed by atoms with E-state index in [1.165, 1.54) is 22.3 Å². The van der Waals surface area contributed by atoms with Crippen LogP contribution >= 0.6 is 0 Å². The van der Waals surface area contributed by atoms with Gasteiger partial charge in [-0.05, 0) is 68.8 Å². The highest BCUT2D eigenvalue weighted by Crippen LogP contribution is 2.57. The number of ether oxygens (including phenoxy) is 2. The Morgan fingerprint density at radius 1 is 0.426 bits per heavy atom. The van der Waals surface area contributed by atoms with Crippen molar-refractivity contribution in [1.29, 1.82) is 0 Å². The maximum atomic E-state index is 9.45. The molecule has 7 rings (SSSR count). The smallest absolute Gasteiger partial charge is 0.127 e. The molecule has 0 saturated heterocycles. The molecule has 0 bridgehead atoms. The molecule has 0 saturated carbocycles. The molecular formula is C43H38O4. The van der Waals surface area contributed by atoms with Crippen molar-refractivity contribution in [3.05, 3.63) is 168 Å². The van der Waals surface area contributed by atoms with Gasteiger partial charge in [0.1, 0.15) is 11.5 Å². The van der Waals surface area contributed by atoms with Gasteiger partial charge in [0.05, 0.1) is 18.6 Å². The van der Waals surface area contributed by atoms with Crippen LogP contribution in [0.2, 0.25) is 0 Å². The summed E-state index contributed by atoms with van der Waals surface area (Å²) in [4.78, 5) is 0. The second-order valence-corrected chi connectivity index (χ2v) is 11.8. The Labute approximate surface area is 276 Å². The minimum atomic E-state index is -0.631. The van der Waals surface area contributed by atoms with Gasteiger partial charge < -0.3 is 19.7 Å². The van der Waals surface area contributed by atoms with Crippen molar-refractivity contribution in [1.82, 2.24) is 0 Å². The molecule has 47 heavy (non-hydrogen) atoms. The lowest BCUT2D eigenvalue weighted by Gasteiger charge is -2.35. The maximum Gasteiger partial charge on any atom is 0.127 e. The summed E-state index contributed by atoms with van der Waals surface area (Å²) >= 11 is 0. The Morgan fingerprint density at radius 2 is 0.830 bits per heavy atom. The van der Waals surface area contributed by atoms with Crippen molar-refractivity contribution in [2.75, 3.05) is 26.4 Å². The van der Waals surface area contributed by atoms with Gasteiger partial charge in [-0.15, -0.1) is 0 Å². The van der Waals surface area contributed by atoms with E-state index >= 15 is 0 Å². The van der Waals surface area contributed by atoms with Gasteiger partial charge in [0.2, 0.25) is 0 Å². The van der Waals surface area contributed by atoms with Crippen LogP contribution < -0.4 is 9.47 Å². The Hall–Kier alpha value is -5.16. The topological polar surface area (TPSA) is 58.9 Å². The van der Waals surface area contributed by atoms with Crippen molar-refractivity contribution in [2.24, 2.45) is 0 Å². The predicted molar refractivity (Wildman–Crippen MR) is 189 cm³/mol. The standard InChI is InChI=1S/C43H38O4/c44-25-11-27-46-41-23-21-33(29-37(41)31-13-3-1-4-14-31)43(39-19-9-7-17-35(39)36-18-8-10-20-40(36)43)34-22-24-42(47-28-12-26-45)38(30-34)32-15-5-2-6-16-32/h1-10,13-24,29-30,44-45H,11-12,25-28H2. The molecule has 0 heterocycles. The Balaban J connectivity index is 1.51. The first-order valence-corrected chi connectivity index (χ1v) is 16.3. The Bertz CT molecular complexity index is 1820. The second-order valence-electron chi connectivity index (χ2n) is 11.8. The van der Waals surface area contributed by atoms with Crippen molar-refractivity contribution < 1.29 is 19.7 Å². The van der Waals surface area contributed by atoms with Crippen molar-refractivity contribution in [3.63, 3.8) is 0 Å². The Kier molecular flexibility index (Phi) is 8.87. The zero-order chi connectivity index (χ0) is 32.1. The number of hydrogen-bond acceptors (Lipinski definition) is 4. The molecule has 0 spiro atoms. The largest absolute Gasteiger partial charge is 0.493 e. The molecule has 0 amide bonds. The average Bonchev–Trinajstić information content (AvgIpc) is 3.44. The van der Waals surface area contributed by atoms with Crippen LogP contribution in [0.25, 0.3) is 33.4 Å². The van der Waals surface area contributed by atoms with Crippen LogP contribution in [-0.2, 0) is 5.41 Å². The molecule has 0 atom stereocenters. The van der Waals surface area contributed by atoms with E-state index in [4.69, 9.17) is 9.47 Å². The third kappa shape index (κ3) is 5.61. The van der Waals surface area contributed by atoms with Crippen molar-refractivity contribution in [2.45, 2.75) is 18.3 Å². The fourth-order valence-electron chi connectivity index (χ4n) is 6.98. The lowest BCUT2D eigenvalue weighted by Crippen LogP contribution is -2.29. The van der Waals surface area contributed by atoms with E-state index in [0.717, 1.165) is 44.9 Å². The van der Waals surface area contributed by atoms with E-state index in [9.17, 15) is 10.2 Å². The monoisotopic (exact) mass is 618 g/mol. The first-order valence-electron chi connectivity index (χ1n) is 16.3. The highest BCUT2D eigenvalue weighted by Gasteiger charge is 2.46. The van der Waals surface area contributed by atoms with Gasteiger partial charge in [-0.3, -0.25) is 0 Å². The van der Waals surface area contributed by atoms with Crippen molar-refractivity contribution in [3.8, 4) is 44.9 Å². The molecule has 0 radical (unpaired) electrons. The van der Waals surface area contributed by atoms with Gasteiger partial charge in [0, 0.05) is 37.2 Å². The Morgan fingerprint density at radius 3 is 1.26 bits per heavy atom. The molecule has 0 unspecified atom stereocenters. The molecule has 1 aliphatic carbocycles. The third-order valence-corrected chi connectivity index (χ3v) is 9.07. The van der Waals surface area contributed by atoms with E-state index in [-0.39, 0.29) is 13.2 Å². The molecule has 4 heteroatoms. The van der Waals surface area contributed by atoms with Gasteiger partial charge in [-0.2, -0.15) is 0 Å². The summed E-state index contributed by atoms with van der Waals surface area (Å²) in [6, 6.07) is 51.4. The average molecular weight is 619 g/mol. The molecule has 2 N–H and O–H groups in total. The predicted octanol–water partition coefficient (Wildman–Crippen LogP) is 8.91. The molecular weight excluding hydrogens is 580 g/mol. The number of aliphatic hydroxyl groups excluding tert-OH is 2. The first-order chi connectivity index (χ1) is 23.3. The van der Waals surface area contributed by atoms with Crippen LogP contribution in [0.3, 0.4) is 0 Å². The van der Waals surface area contributed by atoms with Gasteiger partial charge in [0.25, 0.3) is 0 Å². The van der Waals surface area contributed by atoms with Crippen LogP contribution in [0.4, 0.5) is 0 Å². The molecule has 0 fully saturated rings. The lowest BCUT2D eigenvalue weighted by atomic mass is 9.67. The van der Waals surface area contributed by atoms with Crippen molar-refractivity contribution >= 4 is 0 Å². The quantitative estimate of drug-likeness (QED) is 0.134. The summed E-state index contributed by atoms with van der Waals surface area (Å²) in [5.74, 6) is 1.58. The van der Waals surface area contributed by atoms with Gasteiger partial charge in [-0.1, -0.05) is 121 Å². The maximum absolute atomic E-state index is 9.45. The molecule has 234 valence electrons. The van der Waals surface area contributed by atoms with E-state index in [0.29, 0.717) is 26.1 Å². The SMILES string of the molecule is OCCCOc1ccc(C2(c3ccc(OCCCO)c(-c4ccccc4)c3)c3ccccc3-c3ccccc32)cc1-c1ccccc1. The van der Waals surface area contributed by atoms with Crippen LogP contribution in [0, 0.1) is 0 Å². The summed E-state index contributed by atoms with van der Waals surface area (Å²) in [5.41, 5.74) is 10.7. The van der Waals surface area contributed by atoms with E-state index in [2.05, 4.69) is 133 Å². The minimum Gasteiger partial charge on any atom is -0.493 e. The van der Waals surface area contributed by atoms with Gasteiger partial charge >= 0.3 is 0 Å². The van der Waals surface area contributed by atoms with Crippen LogP contribution in [-0.4, -0.2) is 36.6 Å². The van der Waals surface area contributed by atoms with Crippen LogP contribution in [0.1, 0.15) is 35.1 Å². The zero-order valence-corrected chi connectivity index (χ0v) is 26.3. The second kappa shape index (κ2) is 13.7. The third-order valence-electron chi connectivity index (χ3n) is 9.07. The van der Waals surface area contributed by atoms with Gasteiger partial charge in [0.15, 0.2) is 0 Å². The summed E-state index contributed by atoms with van der Waals surface area (Å²) in [5, 5.41) is 18.9. The van der Waals surface area contributed by atoms with E-state index in [1.807, 2.05) is 12.1 Å². The number of rotatable bonds is 12. The van der Waals surface area contributed by atoms with Crippen LogP contribution in [0.15, 0.2) is 146 Å². The molecule has 0 aromatic heterocycles. The summed E-state index contributed by atoms with van der Waals surface area (Å²) in [6.45, 7) is 1.03. The molecule has 0 aliphatic heterocycles. The van der Waals surface area contributed by atoms with E-state index in [1.54, 1.807) is 0 Å². The summed E-state index contributed by atoms with van der Waals surface area (Å²) < 4.78 is 12.5. The molecule has 4 nitrogen and oxygen atoms in total. The first kappa shape index (κ1) is 30.5. The molecule has 6 aromatic rings. The minimum absolute atomic E-state index is 0.0822. The summed E-state index contributed by atoms with van der Waals surface area (Å²) in [7, 11) is 0. The number of aliphatic hydroxyl groups is 2. The van der Waals surface area contributed by atoms with Gasteiger partial charge in [-0.25, -0.2) is 0 Å².